The summed E-state index contributed by atoms with van der Waals surface area (Å²) in [6.45, 7) is 3.54. The molecule has 3 fully saturated rings. The van der Waals surface area contributed by atoms with Gasteiger partial charge in [-0.2, -0.15) is 13.2 Å². The number of carbonyl (C=O) groups is 1. The third-order valence-corrected chi connectivity index (χ3v) is 7.67. The zero-order valence-electron chi connectivity index (χ0n) is 17.9. The van der Waals surface area contributed by atoms with Crippen molar-refractivity contribution in [2.45, 2.75) is 57.5 Å². The first-order chi connectivity index (χ1) is 14.3. The minimum absolute atomic E-state index is 0.276. The van der Waals surface area contributed by atoms with Crippen LogP contribution in [0, 0.1) is 17.3 Å². The highest BCUT2D eigenvalue weighted by atomic mass is 19.4. The Bertz CT molecular complexity index is 749. The number of amides is 1. The Morgan fingerprint density at radius 3 is 2.57 bits per heavy atom. The van der Waals surface area contributed by atoms with Crippen molar-refractivity contribution in [1.82, 2.24) is 9.80 Å². The summed E-state index contributed by atoms with van der Waals surface area (Å²) in [5, 5.41) is 0. The lowest BCUT2D eigenvalue weighted by Crippen LogP contribution is -2.40. The molecular formula is C24H33F3N2O. The molecule has 1 amide bonds. The Morgan fingerprint density at radius 2 is 1.90 bits per heavy atom. The molecule has 166 valence electrons. The van der Waals surface area contributed by atoms with Gasteiger partial charge in [0.25, 0.3) is 0 Å². The van der Waals surface area contributed by atoms with Crippen molar-refractivity contribution in [3.8, 4) is 0 Å². The Morgan fingerprint density at radius 1 is 1.20 bits per heavy atom. The molecule has 1 heterocycles. The highest BCUT2D eigenvalue weighted by Crippen LogP contribution is 2.63. The number of hydrogen-bond acceptors (Lipinski definition) is 2. The molecule has 0 N–H and O–H groups in total. The van der Waals surface area contributed by atoms with Crippen LogP contribution in [0.2, 0.25) is 0 Å². The summed E-state index contributed by atoms with van der Waals surface area (Å²) < 4.78 is 38.6. The van der Waals surface area contributed by atoms with E-state index in [1.165, 1.54) is 37.8 Å². The normalized spacial score (nSPS) is 24.3. The van der Waals surface area contributed by atoms with E-state index >= 15 is 0 Å². The molecule has 0 bridgehead atoms. The summed E-state index contributed by atoms with van der Waals surface area (Å²) in [5.74, 6) is 1.16. The maximum absolute atomic E-state index is 12.9. The van der Waals surface area contributed by atoms with Crippen LogP contribution in [-0.4, -0.2) is 48.9 Å². The minimum atomic E-state index is -4.28. The molecule has 1 aliphatic heterocycles. The van der Waals surface area contributed by atoms with E-state index in [1.807, 2.05) is 11.9 Å². The zero-order chi connectivity index (χ0) is 21.4. The Labute approximate surface area is 177 Å². The predicted octanol–water partition coefficient (Wildman–Crippen LogP) is 5.00. The van der Waals surface area contributed by atoms with Crippen LogP contribution in [0.15, 0.2) is 24.3 Å². The van der Waals surface area contributed by atoms with Crippen molar-refractivity contribution >= 4 is 5.91 Å². The molecule has 3 aliphatic rings. The van der Waals surface area contributed by atoms with Gasteiger partial charge in [0.05, 0.1) is 5.56 Å². The lowest BCUT2D eigenvalue weighted by atomic mass is 9.95. The van der Waals surface area contributed by atoms with Crippen molar-refractivity contribution in [3.63, 3.8) is 0 Å². The second kappa shape index (κ2) is 8.52. The van der Waals surface area contributed by atoms with Crippen LogP contribution in [-0.2, 0) is 17.4 Å². The number of alkyl halides is 3. The van der Waals surface area contributed by atoms with E-state index in [0.29, 0.717) is 23.7 Å². The molecule has 1 aromatic carbocycles. The molecule has 6 heteroatoms. The summed E-state index contributed by atoms with van der Waals surface area (Å²) in [5.41, 5.74) is 0.530. The third kappa shape index (κ3) is 4.84. The number of piperidine rings is 1. The molecule has 1 atom stereocenters. The highest BCUT2D eigenvalue weighted by Gasteiger charge is 2.59. The van der Waals surface area contributed by atoms with Gasteiger partial charge in [-0.3, -0.25) is 4.79 Å². The number of nitrogens with zero attached hydrogens (tertiary/aromatic N) is 2. The fourth-order valence-electron chi connectivity index (χ4n) is 5.65. The Kier molecular flexibility index (Phi) is 6.16. The quantitative estimate of drug-likeness (QED) is 0.644. The van der Waals surface area contributed by atoms with Gasteiger partial charge in [-0.15, -0.1) is 0 Å². The fraction of sp³-hybridized carbons (Fsp3) is 0.708. The Balaban J connectivity index is 1.19. The summed E-state index contributed by atoms with van der Waals surface area (Å²) in [7, 11) is 1.96. The highest BCUT2D eigenvalue weighted by molar-refractivity contribution is 5.82. The zero-order valence-corrected chi connectivity index (χ0v) is 17.9. The lowest BCUT2D eigenvalue weighted by Gasteiger charge is -2.34. The standard InChI is InChI=1S/C24H33F3N2O/c1-28(22(30)21-16-23(21)10-2-3-11-23)17-19-8-13-29(14-9-19)12-7-18-5-4-6-20(15-18)24(25,26)27/h4-6,15,19,21H,2-3,7-14,16-17H2,1H3/t21-/m0/s1. The van der Waals surface area contributed by atoms with Gasteiger partial charge in [0.1, 0.15) is 0 Å². The summed E-state index contributed by atoms with van der Waals surface area (Å²) in [6, 6.07) is 5.66. The van der Waals surface area contributed by atoms with Crippen LogP contribution in [0.25, 0.3) is 0 Å². The number of benzene rings is 1. The summed E-state index contributed by atoms with van der Waals surface area (Å²) >= 11 is 0. The Hall–Kier alpha value is -1.56. The molecule has 2 saturated carbocycles. The van der Waals surface area contributed by atoms with E-state index in [0.717, 1.165) is 57.1 Å². The molecular weight excluding hydrogens is 389 g/mol. The van der Waals surface area contributed by atoms with Gasteiger partial charge >= 0.3 is 6.18 Å². The SMILES string of the molecule is CN(CC1CCN(CCc2cccc(C(F)(F)F)c2)CC1)C(=O)[C@@H]1CC12CCCC2. The first-order valence-corrected chi connectivity index (χ1v) is 11.4. The first-order valence-electron chi connectivity index (χ1n) is 11.4. The van der Waals surface area contributed by atoms with Gasteiger partial charge in [0, 0.05) is 26.1 Å². The van der Waals surface area contributed by atoms with E-state index in [-0.39, 0.29) is 5.92 Å². The summed E-state index contributed by atoms with van der Waals surface area (Å²) in [6.07, 6.45) is 4.60. The molecule has 1 saturated heterocycles. The van der Waals surface area contributed by atoms with Crippen molar-refractivity contribution < 1.29 is 18.0 Å². The van der Waals surface area contributed by atoms with Crippen LogP contribution in [0.5, 0.6) is 0 Å². The van der Waals surface area contributed by atoms with Crippen molar-refractivity contribution in [2.24, 2.45) is 17.3 Å². The molecule has 1 spiro atoms. The van der Waals surface area contributed by atoms with Crippen molar-refractivity contribution in [2.75, 3.05) is 33.2 Å². The number of halogens is 3. The number of carbonyl (C=O) groups excluding carboxylic acids is 1. The average Bonchev–Trinajstić information content (AvgIpc) is 3.22. The van der Waals surface area contributed by atoms with Crippen molar-refractivity contribution in [1.29, 1.82) is 0 Å². The monoisotopic (exact) mass is 422 g/mol. The number of hydrogen-bond donors (Lipinski definition) is 0. The van der Waals surface area contributed by atoms with Crippen molar-refractivity contribution in [3.05, 3.63) is 35.4 Å². The van der Waals surface area contributed by atoms with Crippen LogP contribution in [0.3, 0.4) is 0 Å². The molecule has 2 aliphatic carbocycles. The average molecular weight is 423 g/mol. The predicted molar refractivity (Wildman–Crippen MR) is 111 cm³/mol. The maximum atomic E-state index is 12.9. The fourth-order valence-corrected chi connectivity index (χ4v) is 5.65. The van der Waals surface area contributed by atoms with E-state index in [2.05, 4.69) is 4.90 Å². The van der Waals surface area contributed by atoms with E-state index in [1.54, 1.807) is 6.07 Å². The van der Waals surface area contributed by atoms with Crippen LogP contribution in [0.4, 0.5) is 13.2 Å². The topological polar surface area (TPSA) is 23.6 Å². The maximum Gasteiger partial charge on any atom is 0.416 e. The van der Waals surface area contributed by atoms with E-state index < -0.39 is 11.7 Å². The molecule has 4 rings (SSSR count). The number of likely N-dealkylation sites (tertiary alicyclic amines) is 1. The van der Waals surface area contributed by atoms with Crippen LogP contribution >= 0.6 is 0 Å². The van der Waals surface area contributed by atoms with Crippen LogP contribution in [0.1, 0.15) is 56.1 Å². The van der Waals surface area contributed by atoms with Crippen LogP contribution < -0.4 is 0 Å². The second-order valence-corrected chi connectivity index (χ2v) is 9.78. The molecule has 3 nitrogen and oxygen atoms in total. The van der Waals surface area contributed by atoms with E-state index in [4.69, 9.17) is 0 Å². The largest absolute Gasteiger partial charge is 0.416 e. The molecule has 0 aromatic heterocycles. The number of rotatable bonds is 6. The van der Waals surface area contributed by atoms with Gasteiger partial charge < -0.3 is 9.80 Å². The minimum Gasteiger partial charge on any atom is -0.345 e. The van der Waals surface area contributed by atoms with Gasteiger partial charge in [0.15, 0.2) is 0 Å². The first kappa shape index (κ1) is 21.7. The van der Waals surface area contributed by atoms with Gasteiger partial charge in [-0.1, -0.05) is 31.0 Å². The third-order valence-electron chi connectivity index (χ3n) is 7.67. The lowest BCUT2D eigenvalue weighted by molar-refractivity contribution is -0.137. The summed E-state index contributed by atoms with van der Waals surface area (Å²) in [4.78, 5) is 17.1. The van der Waals surface area contributed by atoms with Gasteiger partial charge in [-0.05, 0) is 74.6 Å². The molecule has 1 aromatic rings. The van der Waals surface area contributed by atoms with Gasteiger partial charge in [0.2, 0.25) is 5.91 Å². The molecule has 30 heavy (non-hydrogen) atoms. The van der Waals surface area contributed by atoms with Gasteiger partial charge in [-0.25, -0.2) is 0 Å². The molecule has 0 unspecified atom stereocenters. The second-order valence-electron chi connectivity index (χ2n) is 9.78. The van der Waals surface area contributed by atoms with E-state index in [9.17, 15) is 18.0 Å². The smallest absolute Gasteiger partial charge is 0.345 e. The molecule has 0 radical (unpaired) electrons.